The summed E-state index contributed by atoms with van der Waals surface area (Å²) in [5.74, 6) is 1.49. The number of ether oxygens (including phenoxy) is 2. The van der Waals surface area contributed by atoms with Gasteiger partial charge in [0.25, 0.3) is 0 Å². The SMILES string of the molecule is COc1cc(Br)c(C2Nc3ccc4ccccc4c3C3=C2C(=O)CC(C)(C)C3)cc1OC. The Labute approximate surface area is 196 Å². The molecule has 3 aromatic rings. The second kappa shape index (κ2) is 7.66. The van der Waals surface area contributed by atoms with Crippen LogP contribution >= 0.6 is 15.9 Å². The Morgan fingerprint density at radius 2 is 1.72 bits per heavy atom. The van der Waals surface area contributed by atoms with Crippen LogP contribution in [0.3, 0.4) is 0 Å². The van der Waals surface area contributed by atoms with E-state index in [9.17, 15) is 4.79 Å². The maximum atomic E-state index is 13.6. The number of Topliss-reactive ketones (excluding diaryl/α,β-unsaturated/α-hetero) is 1. The quantitative estimate of drug-likeness (QED) is 0.431. The molecule has 0 bridgehead atoms. The third kappa shape index (κ3) is 3.30. The van der Waals surface area contributed by atoms with Crippen LogP contribution in [0, 0.1) is 5.41 Å². The van der Waals surface area contributed by atoms with Gasteiger partial charge in [-0.25, -0.2) is 0 Å². The molecular formula is C27H26BrNO3. The third-order valence-corrected chi connectivity index (χ3v) is 7.24. The molecule has 0 spiro atoms. The molecule has 1 N–H and O–H groups in total. The Kier molecular flexibility index (Phi) is 5.05. The van der Waals surface area contributed by atoms with Gasteiger partial charge in [0.05, 0.1) is 20.3 Å². The maximum Gasteiger partial charge on any atom is 0.162 e. The molecule has 2 aliphatic rings. The number of hydrogen-bond donors (Lipinski definition) is 1. The Morgan fingerprint density at radius 3 is 2.47 bits per heavy atom. The Hall–Kier alpha value is -2.79. The molecule has 0 radical (unpaired) electrons. The zero-order chi connectivity index (χ0) is 22.6. The molecule has 164 valence electrons. The number of rotatable bonds is 3. The van der Waals surface area contributed by atoms with Crippen LogP contribution in [-0.2, 0) is 4.79 Å². The minimum absolute atomic E-state index is 0.0825. The summed E-state index contributed by atoms with van der Waals surface area (Å²) in [7, 11) is 3.25. The number of carbonyl (C=O) groups excluding carboxylic acids is 1. The van der Waals surface area contributed by atoms with Gasteiger partial charge in [0, 0.05) is 27.7 Å². The summed E-state index contributed by atoms with van der Waals surface area (Å²) < 4.78 is 11.9. The summed E-state index contributed by atoms with van der Waals surface area (Å²) >= 11 is 3.72. The number of anilines is 1. The third-order valence-electron chi connectivity index (χ3n) is 6.55. The average Bonchev–Trinajstić information content (AvgIpc) is 2.77. The van der Waals surface area contributed by atoms with E-state index in [1.807, 2.05) is 12.1 Å². The van der Waals surface area contributed by atoms with Crippen LogP contribution in [0.2, 0.25) is 0 Å². The highest BCUT2D eigenvalue weighted by Gasteiger charge is 2.41. The van der Waals surface area contributed by atoms with Crippen LogP contribution in [-0.4, -0.2) is 20.0 Å². The Balaban J connectivity index is 1.79. The van der Waals surface area contributed by atoms with Crippen LogP contribution in [0.5, 0.6) is 11.5 Å². The van der Waals surface area contributed by atoms with Crippen molar-refractivity contribution < 1.29 is 14.3 Å². The zero-order valence-corrected chi connectivity index (χ0v) is 20.3. The first-order valence-corrected chi connectivity index (χ1v) is 11.6. The lowest BCUT2D eigenvalue weighted by molar-refractivity contribution is -0.118. The number of halogens is 1. The molecule has 0 saturated heterocycles. The first kappa shape index (κ1) is 21.1. The van der Waals surface area contributed by atoms with Gasteiger partial charge in [-0.15, -0.1) is 0 Å². The molecule has 1 unspecified atom stereocenters. The fourth-order valence-electron chi connectivity index (χ4n) is 5.16. The van der Waals surface area contributed by atoms with E-state index in [0.717, 1.165) is 38.9 Å². The van der Waals surface area contributed by atoms with Crippen LogP contribution in [0.15, 0.2) is 58.6 Å². The normalized spacial score (nSPS) is 19.3. The molecule has 0 aromatic heterocycles. The van der Waals surface area contributed by atoms with Crippen LogP contribution in [0.25, 0.3) is 16.3 Å². The number of hydrogen-bond acceptors (Lipinski definition) is 4. The monoisotopic (exact) mass is 491 g/mol. The maximum absolute atomic E-state index is 13.6. The highest BCUT2D eigenvalue weighted by molar-refractivity contribution is 9.10. The Bertz CT molecular complexity index is 1290. The number of methoxy groups -OCH3 is 2. The van der Waals surface area contributed by atoms with Crippen molar-refractivity contribution in [3.8, 4) is 11.5 Å². The second-order valence-corrected chi connectivity index (χ2v) is 10.2. The smallest absolute Gasteiger partial charge is 0.162 e. The van der Waals surface area contributed by atoms with E-state index >= 15 is 0 Å². The van der Waals surface area contributed by atoms with Crippen molar-refractivity contribution in [2.75, 3.05) is 19.5 Å². The summed E-state index contributed by atoms with van der Waals surface area (Å²) in [6.45, 7) is 4.37. The highest BCUT2D eigenvalue weighted by Crippen LogP contribution is 2.53. The van der Waals surface area contributed by atoms with Gasteiger partial charge in [-0.05, 0) is 51.9 Å². The number of carbonyl (C=O) groups is 1. The number of allylic oxidation sites excluding steroid dienone is 1. The molecule has 0 saturated carbocycles. The van der Waals surface area contributed by atoms with Crippen molar-refractivity contribution in [2.24, 2.45) is 5.41 Å². The molecule has 5 rings (SSSR count). The van der Waals surface area contributed by atoms with Gasteiger partial charge in [-0.3, -0.25) is 4.79 Å². The van der Waals surface area contributed by atoms with Gasteiger partial charge in [0.15, 0.2) is 17.3 Å². The van der Waals surface area contributed by atoms with E-state index in [1.54, 1.807) is 14.2 Å². The largest absolute Gasteiger partial charge is 0.493 e. The van der Waals surface area contributed by atoms with Crippen molar-refractivity contribution in [3.63, 3.8) is 0 Å². The molecular weight excluding hydrogens is 466 g/mol. The Morgan fingerprint density at radius 1 is 1.00 bits per heavy atom. The summed E-state index contributed by atoms with van der Waals surface area (Å²) in [4.78, 5) is 13.6. The lowest BCUT2D eigenvalue weighted by Crippen LogP contribution is -2.33. The second-order valence-electron chi connectivity index (χ2n) is 9.35. The highest BCUT2D eigenvalue weighted by atomic mass is 79.9. The minimum atomic E-state index is -0.267. The summed E-state index contributed by atoms with van der Waals surface area (Å²) in [6.07, 6.45) is 1.40. The standard InChI is InChI=1S/C27H26BrNO3/c1-27(2)13-18-24-16-8-6-5-7-15(16)9-10-20(24)29-26(25(18)21(30)14-27)17-11-22(31-3)23(32-4)12-19(17)28/h5-12,26,29H,13-14H2,1-4H3. The molecule has 1 atom stereocenters. The molecule has 32 heavy (non-hydrogen) atoms. The van der Waals surface area contributed by atoms with Gasteiger partial charge < -0.3 is 14.8 Å². The lowest BCUT2D eigenvalue weighted by atomic mass is 9.68. The minimum Gasteiger partial charge on any atom is -0.493 e. The molecule has 3 aromatic carbocycles. The van der Waals surface area contributed by atoms with Crippen molar-refractivity contribution in [3.05, 3.63) is 69.7 Å². The fourth-order valence-corrected chi connectivity index (χ4v) is 5.71. The van der Waals surface area contributed by atoms with E-state index in [2.05, 4.69) is 71.5 Å². The van der Waals surface area contributed by atoms with E-state index < -0.39 is 0 Å². The molecule has 1 aliphatic carbocycles. The predicted molar refractivity (Wildman–Crippen MR) is 132 cm³/mol. The number of nitrogens with one attached hydrogen (secondary N) is 1. The summed E-state index contributed by atoms with van der Waals surface area (Å²) in [5, 5.41) is 6.05. The van der Waals surface area contributed by atoms with Gasteiger partial charge in [0.2, 0.25) is 0 Å². The molecule has 1 heterocycles. The van der Waals surface area contributed by atoms with Crippen molar-refractivity contribution in [1.82, 2.24) is 0 Å². The molecule has 0 fully saturated rings. The first-order valence-electron chi connectivity index (χ1n) is 10.8. The fraction of sp³-hybridized carbons (Fsp3) is 0.296. The first-order chi connectivity index (χ1) is 15.3. The molecule has 4 nitrogen and oxygen atoms in total. The molecule has 5 heteroatoms. The van der Waals surface area contributed by atoms with Crippen LogP contribution in [0.1, 0.15) is 43.9 Å². The van der Waals surface area contributed by atoms with Crippen LogP contribution < -0.4 is 14.8 Å². The van der Waals surface area contributed by atoms with Gasteiger partial charge in [0.1, 0.15) is 0 Å². The van der Waals surface area contributed by atoms with E-state index in [0.29, 0.717) is 17.9 Å². The van der Waals surface area contributed by atoms with Crippen molar-refractivity contribution in [2.45, 2.75) is 32.7 Å². The number of ketones is 1. The summed E-state index contributed by atoms with van der Waals surface area (Å²) in [6, 6.07) is 16.3. The molecule has 1 aliphatic heterocycles. The van der Waals surface area contributed by atoms with Gasteiger partial charge in [-0.1, -0.05) is 60.1 Å². The average molecular weight is 492 g/mol. The van der Waals surface area contributed by atoms with Crippen molar-refractivity contribution in [1.29, 1.82) is 0 Å². The van der Waals surface area contributed by atoms with E-state index in [1.165, 1.54) is 10.8 Å². The predicted octanol–water partition coefficient (Wildman–Crippen LogP) is 6.93. The lowest BCUT2D eigenvalue weighted by Gasteiger charge is -2.40. The number of fused-ring (bicyclic) bond motifs is 4. The van der Waals surface area contributed by atoms with Crippen LogP contribution in [0.4, 0.5) is 5.69 Å². The topological polar surface area (TPSA) is 47.6 Å². The van der Waals surface area contributed by atoms with Gasteiger partial charge >= 0.3 is 0 Å². The molecule has 0 amide bonds. The van der Waals surface area contributed by atoms with E-state index in [4.69, 9.17) is 9.47 Å². The van der Waals surface area contributed by atoms with Crippen molar-refractivity contribution >= 4 is 43.7 Å². The number of benzene rings is 3. The summed E-state index contributed by atoms with van der Waals surface area (Å²) in [5.41, 5.74) is 5.11. The van der Waals surface area contributed by atoms with Gasteiger partial charge in [-0.2, -0.15) is 0 Å². The zero-order valence-electron chi connectivity index (χ0n) is 18.7. The van der Waals surface area contributed by atoms with E-state index in [-0.39, 0.29) is 17.2 Å².